The van der Waals surface area contributed by atoms with Crippen LogP contribution < -0.4 is 0 Å². The van der Waals surface area contributed by atoms with Gasteiger partial charge >= 0.3 is 0 Å². The van der Waals surface area contributed by atoms with Crippen molar-refractivity contribution in [3.05, 3.63) is 82.3 Å². The molecule has 5 aromatic carbocycles. The Kier molecular flexibility index (Phi) is 3.09. The van der Waals surface area contributed by atoms with E-state index >= 15 is 0 Å². The first kappa shape index (κ1) is 14.3. The molecule has 0 aromatic heterocycles. The van der Waals surface area contributed by atoms with E-state index in [4.69, 9.17) is 11.6 Å². The van der Waals surface area contributed by atoms with Crippen molar-refractivity contribution >= 4 is 59.8 Å². The lowest BCUT2D eigenvalue weighted by atomic mass is 9.90. The zero-order chi connectivity index (χ0) is 16.3. The lowest BCUT2D eigenvalue weighted by Gasteiger charge is -2.16. The minimum atomic E-state index is 0.806. The van der Waals surface area contributed by atoms with Gasteiger partial charge in [-0.05, 0) is 50.2 Å². The predicted octanol–water partition coefficient (Wildman–Crippen LogP) is 7.67. The smallest absolute Gasteiger partial charge is 0.0491 e. The largest absolute Gasteiger partial charge is 0.0836 e. The summed E-state index contributed by atoms with van der Waals surface area (Å²) in [6, 6.07) is 25.6. The van der Waals surface area contributed by atoms with Crippen LogP contribution in [0, 0.1) is 0 Å². The highest BCUT2D eigenvalue weighted by atomic mass is 79.9. The van der Waals surface area contributed by atoms with E-state index in [9.17, 15) is 0 Å². The van der Waals surface area contributed by atoms with Crippen molar-refractivity contribution in [2.75, 3.05) is 0 Å². The summed E-state index contributed by atoms with van der Waals surface area (Å²) in [7, 11) is 0. The molecule has 0 aliphatic carbocycles. The molecule has 0 amide bonds. The number of benzene rings is 5. The fourth-order valence-electron chi connectivity index (χ4n) is 3.68. The van der Waals surface area contributed by atoms with Crippen LogP contribution in [-0.4, -0.2) is 0 Å². The molecule has 0 aliphatic heterocycles. The molecule has 0 fully saturated rings. The highest BCUT2D eigenvalue weighted by Crippen LogP contribution is 2.43. The molecule has 0 spiro atoms. The third-order valence-corrected chi connectivity index (χ3v) is 5.77. The molecule has 5 rings (SSSR count). The second-order valence-corrected chi connectivity index (χ2v) is 7.33. The van der Waals surface area contributed by atoms with Gasteiger partial charge < -0.3 is 0 Å². The predicted molar refractivity (Wildman–Crippen MR) is 108 cm³/mol. The van der Waals surface area contributed by atoms with Gasteiger partial charge in [0.2, 0.25) is 0 Å². The molecule has 0 heterocycles. The Morgan fingerprint density at radius 1 is 0.667 bits per heavy atom. The highest BCUT2D eigenvalue weighted by Gasteiger charge is 2.15. The molecule has 0 nitrogen and oxygen atoms in total. The van der Waals surface area contributed by atoms with Crippen LogP contribution in [0.2, 0.25) is 5.02 Å². The molecule has 0 atom stereocenters. The Hall–Kier alpha value is -2.09. The van der Waals surface area contributed by atoms with E-state index in [1.807, 2.05) is 0 Å². The first-order chi connectivity index (χ1) is 11.7. The molecule has 0 aliphatic rings. The summed E-state index contributed by atoms with van der Waals surface area (Å²) in [4.78, 5) is 0. The third kappa shape index (κ3) is 1.92. The van der Waals surface area contributed by atoms with Crippen LogP contribution in [0.3, 0.4) is 0 Å². The Balaban J connectivity index is 2.04. The Labute approximate surface area is 153 Å². The average molecular weight is 392 g/mol. The van der Waals surface area contributed by atoms with Crippen LogP contribution in [0.25, 0.3) is 43.4 Å². The summed E-state index contributed by atoms with van der Waals surface area (Å²) in [6.45, 7) is 0. The first-order valence-corrected chi connectivity index (χ1v) is 9.02. The second kappa shape index (κ2) is 5.20. The molecule has 0 saturated carbocycles. The van der Waals surface area contributed by atoms with Crippen molar-refractivity contribution in [2.24, 2.45) is 0 Å². The maximum Gasteiger partial charge on any atom is 0.0491 e. The van der Waals surface area contributed by atoms with Crippen LogP contribution in [0.15, 0.2) is 77.3 Å². The van der Waals surface area contributed by atoms with E-state index in [0.717, 1.165) is 14.9 Å². The van der Waals surface area contributed by atoms with E-state index in [1.165, 1.54) is 38.1 Å². The van der Waals surface area contributed by atoms with Gasteiger partial charge in [0.05, 0.1) is 0 Å². The minimum Gasteiger partial charge on any atom is -0.0836 e. The standard InChI is InChI=1S/C22H12BrCl/c23-19-11-10-18-20(24)12-14-6-7-15(13-4-2-1-3-5-13)16-8-9-17(19)22(18)21(14)16/h1-12H. The van der Waals surface area contributed by atoms with Crippen LogP contribution in [-0.2, 0) is 0 Å². The summed E-state index contributed by atoms with van der Waals surface area (Å²) in [5.74, 6) is 0. The second-order valence-electron chi connectivity index (χ2n) is 6.07. The van der Waals surface area contributed by atoms with Gasteiger partial charge in [0.15, 0.2) is 0 Å². The van der Waals surface area contributed by atoms with E-state index in [1.54, 1.807) is 0 Å². The Bertz CT molecular complexity index is 1200. The van der Waals surface area contributed by atoms with Crippen molar-refractivity contribution in [1.29, 1.82) is 0 Å². The van der Waals surface area contributed by atoms with Crippen molar-refractivity contribution in [2.45, 2.75) is 0 Å². The van der Waals surface area contributed by atoms with Crippen molar-refractivity contribution in [3.8, 4) is 11.1 Å². The Morgan fingerprint density at radius 3 is 2.25 bits per heavy atom. The van der Waals surface area contributed by atoms with Crippen molar-refractivity contribution in [3.63, 3.8) is 0 Å². The van der Waals surface area contributed by atoms with Gasteiger partial charge in [-0.3, -0.25) is 0 Å². The number of hydrogen-bond acceptors (Lipinski definition) is 0. The summed E-state index contributed by atoms with van der Waals surface area (Å²) >= 11 is 10.2. The topological polar surface area (TPSA) is 0 Å². The van der Waals surface area contributed by atoms with Gasteiger partial charge in [0.1, 0.15) is 0 Å². The quantitative estimate of drug-likeness (QED) is 0.257. The highest BCUT2D eigenvalue weighted by molar-refractivity contribution is 9.10. The van der Waals surface area contributed by atoms with Crippen LogP contribution in [0.5, 0.6) is 0 Å². The van der Waals surface area contributed by atoms with E-state index in [-0.39, 0.29) is 0 Å². The lowest BCUT2D eigenvalue weighted by Crippen LogP contribution is -1.88. The number of hydrogen-bond donors (Lipinski definition) is 0. The number of halogens is 2. The van der Waals surface area contributed by atoms with Gasteiger partial charge in [0.25, 0.3) is 0 Å². The SMILES string of the molecule is Clc1cc2ccc(-c3ccccc3)c3ccc4c(Br)ccc1c4c23. The maximum absolute atomic E-state index is 6.55. The zero-order valence-corrected chi connectivity index (χ0v) is 15.0. The molecular formula is C22H12BrCl. The van der Waals surface area contributed by atoms with Crippen LogP contribution >= 0.6 is 27.5 Å². The van der Waals surface area contributed by atoms with Gasteiger partial charge in [-0.15, -0.1) is 0 Å². The van der Waals surface area contributed by atoms with Gasteiger partial charge in [0, 0.05) is 14.9 Å². The summed E-state index contributed by atoms with van der Waals surface area (Å²) in [5.41, 5.74) is 2.49. The van der Waals surface area contributed by atoms with Gasteiger partial charge in [-0.25, -0.2) is 0 Å². The molecule has 114 valence electrons. The van der Waals surface area contributed by atoms with Crippen LogP contribution in [0.1, 0.15) is 0 Å². The van der Waals surface area contributed by atoms with Crippen molar-refractivity contribution < 1.29 is 0 Å². The molecule has 0 saturated heterocycles. The molecule has 0 bridgehead atoms. The maximum atomic E-state index is 6.55. The van der Waals surface area contributed by atoms with Gasteiger partial charge in [-0.1, -0.05) is 88.2 Å². The Morgan fingerprint density at radius 2 is 1.42 bits per heavy atom. The lowest BCUT2D eigenvalue weighted by molar-refractivity contribution is 1.66. The van der Waals surface area contributed by atoms with Gasteiger partial charge in [-0.2, -0.15) is 0 Å². The van der Waals surface area contributed by atoms with E-state index < -0.39 is 0 Å². The van der Waals surface area contributed by atoms with Crippen LogP contribution in [0.4, 0.5) is 0 Å². The monoisotopic (exact) mass is 390 g/mol. The fourth-order valence-corrected chi connectivity index (χ4v) is 4.42. The normalized spacial score (nSPS) is 11.8. The molecule has 2 heteroatoms. The van der Waals surface area contributed by atoms with Crippen molar-refractivity contribution in [1.82, 2.24) is 0 Å². The third-order valence-electron chi connectivity index (χ3n) is 4.76. The number of rotatable bonds is 1. The molecule has 0 radical (unpaired) electrons. The summed E-state index contributed by atoms with van der Waals surface area (Å²) in [6.07, 6.45) is 0. The minimum absolute atomic E-state index is 0.806. The summed E-state index contributed by atoms with van der Waals surface area (Å²) < 4.78 is 1.10. The van der Waals surface area contributed by atoms with E-state index in [0.29, 0.717) is 0 Å². The average Bonchev–Trinajstić information content (AvgIpc) is 2.62. The molecule has 5 aromatic rings. The summed E-state index contributed by atoms with van der Waals surface area (Å²) in [5, 5.41) is 8.10. The first-order valence-electron chi connectivity index (χ1n) is 7.85. The molecule has 0 unspecified atom stereocenters. The fraction of sp³-hybridized carbons (Fsp3) is 0. The molecular weight excluding hydrogens is 380 g/mol. The molecule has 0 N–H and O–H groups in total. The molecule has 24 heavy (non-hydrogen) atoms. The van der Waals surface area contributed by atoms with E-state index in [2.05, 4.69) is 88.7 Å². The zero-order valence-electron chi connectivity index (χ0n) is 12.7.